The zero-order valence-electron chi connectivity index (χ0n) is 17.7. The van der Waals surface area contributed by atoms with Gasteiger partial charge in [0, 0.05) is 0 Å². The summed E-state index contributed by atoms with van der Waals surface area (Å²) in [5, 5.41) is 9.53. The minimum atomic E-state index is -0.610. The van der Waals surface area contributed by atoms with Gasteiger partial charge in [-0.05, 0) is 51.3 Å². The van der Waals surface area contributed by atoms with Crippen molar-refractivity contribution < 1.29 is 23.7 Å². The average molecular weight is 494 g/mol. The van der Waals surface area contributed by atoms with Crippen LogP contribution in [0.4, 0.5) is 0 Å². The van der Waals surface area contributed by atoms with Crippen LogP contribution in [0.25, 0.3) is 11.6 Å². The Labute approximate surface area is 194 Å². The van der Waals surface area contributed by atoms with Crippen molar-refractivity contribution in [2.45, 2.75) is 0 Å². The van der Waals surface area contributed by atoms with Gasteiger partial charge in [0.2, 0.25) is 5.75 Å². The van der Waals surface area contributed by atoms with E-state index in [0.29, 0.717) is 33.0 Å². The van der Waals surface area contributed by atoms with Gasteiger partial charge in [-0.3, -0.25) is 0 Å². The summed E-state index contributed by atoms with van der Waals surface area (Å²) in [7, 11) is 4.41. The predicted molar refractivity (Wildman–Crippen MR) is 125 cm³/mol. The summed E-state index contributed by atoms with van der Waals surface area (Å²) in [4.78, 5) is 12.9. The van der Waals surface area contributed by atoms with Gasteiger partial charge in [-0.1, -0.05) is 42.5 Å². The van der Waals surface area contributed by atoms with Gasteiger partial charge in [-0.15, -0.1) is 0 Å². The van der Waals surface area contributed by atoms with Crippen LogP contribution in [0, 0.1) is 11.3 Å². The SMILES string of the molecule is COc1cc(C(=O)Oc2cccc(/C=C(/C#N)c3ccccc3)c2)c(Br)c(OC)c1OC. The number of nitriles is 1. The number of methoxy groups -OCH3 is 3. The molecule has 3 aromatic carbocycles. The van der Waals surface area contributed by atoms with Crippen molar-refractivity contribution in [2.75, 3.05) is 21.3 Å². The molecule has 3 rings (SSSR count). The van der Waals surface area contributed by atoms with Crippen LogP contribution in [-0.2, 0) is 0 Å². The minimum absolute atomic E-state index is 0.211. The van der Waals surface area contributed by atoms with Crippen LogP contribution in [0.3, 0.4) is 0 Å². The van der Waals surface area contributed by atoms with Crippen molar-refractivity contribution in [3.63, 3.8) is 0 Å². The standard InChI is InChI=1S/C25H20BrNO5/c1-29-21-14-20(22(26)24(31-3)23(21)30-2)25(28)32-19-11-7-8-16(13-19)12-18(15-27)17-9-5-4-6-10-17/h4-14H,1-3H3/b18-12-. The average Bonchev–Trinajstić information content (AvgIpc) is 2.82. The molecule has 0 amide bonds. The highest BCUT2D eigenvalue weighted by Gasteiger charge is 2.24. The lowest BCUT2D eigenvalue weighted by atomic mass is 10.0. The van der Waals surface area contributed by atoms with Crippen molar-refractivity contribution in [1.29, 1.82) is 5.26 Å². The number of rotatable bonds is 7. The summed E-state index contributed by atoms with van der Waals surface area (Å²) in [6.07, 6.45) is 1.74. The van der Waals surface area contributed by atoms with E-state index in [1.165, 1.54) is 27.4 Å². The fourth-order valence-corrected chi connectivity index (χ4v) is 3.68. The first-order chi connectivity index (χ1) is 15.5. The fourth-order valence-electron chi connectivity index (χ4n) is 3.06. The molecular weight excluding hydrogens is 474 g/mol. The number of hydrogen-bond donors (Lipinski definition) is 0. The van der Waals surface area contributed by atoms with Crippen molar-refractivity contribution in [2.24, 2.45) is 0 Å². The van der Waals surface area contributed by atoms with E-state index in [1.807, 2.05) is 36.4 Å². The molecule has 0 saturated carbocycles. The van der Waals surface area contributed by atoms with Gasteiger partial charge < -0.3 is 18.9 Å². The second-order valence-electron chi connectivity index (χ2n) is 6.50. The molecule has 6 nitrogen and oxygen atoms in total. The smallest absolute Gasteiger partial charge is 0.344 e. The molecule has 32 heavy (non-hydrogen) atoms. The van der Waals surface area contributed by atoms with Gasteiger partial charge >= 0.3 is 5.97 Å². The highest BCUT2D eigenvalue weighted by Crippen LogP contribution is 2.45. The molecule has 0 saturated heterocycles. The molecule has 0 atom stereocenters. The Kier molecular flexibility index (Phi) is 7.53. The molecule has 0 aliphatic carbocycles. The summed E-state index contributed by atoms with van der Waals surface area (Å²) in [5.74, 6) is 0.723. The van der Waals surface area contributed by atoms with Crippen LogP contribution in [0.1, 0.15) is 21.5 Å². The van der Waals surface area contributed by atoms with E-state index in [-0.39, 0.29) is 5.56 Å². The summed E-state index contributed by atoms with van der Waals surface area (Å²) in [6, 6.07) is 20.0. The lowest BCUT2D eigenvalue weighted by Crippen LogP contribution is -2.11. The molecule has 0 aliphatic rings. The zero-order chi connectivity index (χ0) is 23.1. The zero-order valence-corrected chi connectivity index (χ0v) is 19.3. The molecule has 0 N–H and O–H groups in total. The van der Waals surface area contributed by atoms with Crippen LogP contribution in [0.5, 0.6) is 23.0 Å². The lowest BCUT2D eigenvalue weighted by Gasteiger charge is -2.16. The first-order valence-electron chi connectivity index (χ1n) is 9.50. The van der Waals surface area contributed by atoms with Gasteiger partial charge in [0.25, 0.3) is 0 Å². The number of nitrogens with zero attached hydrogens (tertiary/aromatic N) is 1. The Morgan fingerprint density at radius 2 is 1.66 bits per heavy atom. The molecule has 0 radical (unpaired) electrons. The Hall–Kier alpha value is -3.76. The molecule has 0 bridgehead atoms. The molecule has 0 aromatic heterocycles. The molecular formula is C25H20BrNO5. The van der Waals surface area contributed by atoms with Crippen LogP contribution in [-0.4, -0.2) is 27.3 Å². The van der Waals surface area contributed by atoms with Gasteiger partial charge in [0.05, 0.1) is 43.0 Å². The van der Waals surface area contributed by atoms with E-state index in [0.717, 1.165) is 11.1 Å². The predicted octanol–water partition coefficient (Wildman–Crippen LogP) is 5.76. The van der Waals surface area contributed by atoms with Crippen LogP contribution in [0.2, 0.25) is 0 Å². The highest BCUT2D eigenvalue weighted by atomic mass is 79.9. The molecule has 0 spiro atoms. The van der Waals surface area contributed by atoms with E-state index in [1.54, 1.807) is 24.3 Å². The molecule has 7 heteroatoms. The molecule has 0 unspecified atom stereocenters. The normalized spacial score (nSPS) is 10.8. The number of carbonyl (C=O) groups excluding carboxylic acids is 1. The summed E-state index contributed by atoms with van der Waals surface area (Å²) >= 11 is 3.39. The number of benzene rings is 3. The summed E-state index contributed by atoms with van der Waals surface area (Å²) in [6.45, 7) is 0. The molecule has 162 valence electrons. The summed E-state index contributed by atoms with van der Waals surface area (Å²) in [5.41, 5.74) is 2.24. The maximum atomic E-state index is 12.9. The number of carbonyl (C=O) groups is 1. The van der Waals surface area contributed by atoms with E-state index in [2.05, 4.69) is 22.0 Å². The van der Waals surface area contributed by atoms with E-state index in [4.69, 9.17) is 18.9 Å². The Morgan fingerprint density at radius 3 is 2.28 bits per heavy atom. The van der Waals surface area contributed by atoms with Gasteiger partial charge in [0.15, 0.2) is 11.5 Å². The van der Waals surface area contributed by atoms with Gasteiger partial charge in [-0.2, -0.15) is 5.26 Å². The third kappa shape index (κ3) is 4.93. The second-order valence-corrected chi connectivity index (χ2v) is 7.30. The second kappa shape index (κ2) is 10.5. The van der Waals surface area contributed by atoms with E-state index >= 15 is 0 Å². The van der Waals surface area contributed by atoms with Crippen LogP contribution < -0.4 is 18.9 Å². The largest absolute Gasteiger partial charge is 0.493 e. The molecule has 0 heterocycles. The van der Waals surface area contributed by atoms with Gasteiger partial charge in [0.1, 0.15) is 5.75 Å². The maximum absolute atomic E-state index is 12.9. The number of ether oxygens (including phenoxy) is 4. The van der Waals surface area contributed by atoms with Crippen LogP contribution >= 0.6 is 15.9 Å². The van der Waals surface area contributed by atoms with E-state index in [9.17, 15) is 10.1 Å². The first-order valence-corrected chi connectivity index (χ1v) is 10.3. The number of halogens is 1. The highest BCUT2D eigenvalue weighted by molar-refractivity contribution is 9.10. The molecule has 0 aliphatic heterocycles. The molecule has 0 fully saturated rings. The van der Waals surface area contributed by atoms with E-state index < -0.39 is 5.97 Å². The first kappa shape index (κ1) is 22.9. The van der Waals surface area contributed by atoms with Crippen LogP contribution in [0.15, 0.2) is 65.1 Å². The number of hydrogen-bond acceptors (Lipinski definition) is 6. The summed E-state index contributed by atoms with van der Waals surface area (Å²) < 4.78 is 22.0. The number of esters is 1. The third-order valence-corrected chi connectivity index (χ3v) is 5.36. The topological polar surface area (TPSA) is 77.8 Å². The Balaban J connectivity index is 1.92. The van der Waals surface area contributed by atoms with Crippen molar-refractivity contribution in [3.05, 3.63) is 81.8 Å². The minimum Gasteiger partial charge on any atom is -0.493 e. The third-order valence-electron chi connectivity index (χ3n) is 4.57. The van der Waals surface area contributed by atoms with Crippen molar-refractivity contribution in [1.82, 2.24) is 0 Å². The maximum Gasteiger partial charge on any atom is 0.344 e. The fraction of sp³-hybridized carbons (Fsp3) is 0.120. The number of allylic oxidation sites excluding steroid dienone is 1. The lowest BCUT2D eigenvalue weighted by molar-refractivity contribution is 0.0732. The quantitative estimate of drug-likeness (QED) is 0.180. The monoisotopic (exact) mass is 493 g/mol. The van der Waals surface area contributed by atoms with Crippen molar-refractivity contribution >= 4 is 33.5 Å². The van der Waals surface area contributed by atoms with Gasteiger partial charge in [-0.25, -0.2) is 4.79 Å². The molecule has 3 aromatic rings. The Morgan fingerprint density at radius 1 is 0.938 bits per heavy atom. The Bertz CT molecular complexity index is 1200. The van der Waals surface area contributed by atoms with Crippen molar-refractivity contribution in [3.8, 4) is 29.1 Å².